The maximum atomic E-state index is 12.4. The first-order chi connectivity index (χ1) is 12.7. The van der Waals surface area contributed by atoms with Crippen LogP contribution in [0, 0.1) is 12.3 Å². The van der Waals surface area contributed by atoms with Gasteiger partial charge >= 0.3 is 0 Å². The number of hydrogen-bond donors (Lipinski definition) is 2. The van der Waals surface area contributed by atoms with E-state index in [2.05, 4.69) is 26.1 Å². The predicted molar refractivity (Wildman–Crippen MR) is 103 cm³/mol. The highest BCUT2D eigenvalue weighted by atomic mass is 16.1. The molecule has 1 aliphatic rings. The van der Waals surface area contributed by atoms with E-state index in [1.807, 2.05) is 18.2 Å². The van der Waals surface area contributed by atoms with Gasteiger partial charge in [-0.1, -0.05) is 5.92 Å². The van der Waals surface area contributed by atoms with E-state index in [0.29, 0.717) is 5.56 Å². The number of terminal acetylenes is 1. The zero-order chi connectivity index (χ0) is 17.9. The highest BCUT2D eigenvalue weighted by Crippen LogP contribution is 2.20. The first-order valence-electron chi connectivity index (χ1n) is 8.80. The average molecular weight is 344 g/mol. The summed E-state index contributed by atoms with van der Waals surface area (Å²) in [5, 5.41) is 2.92. The average Bonchev–Trinajstić information content (AvgIpc) is 3.31. The Labute approximate surface area is 152 Å². The molecule has 26 heavy (non-hydrogen) atoms. The van der Waals surface area contributed by atoms with Gasteiger partial charge in [0.1, 0.15) is 5.82 Å². The molecule has 0 atom stereocenters. The van der Waals surface area contributed by atoms with Gasteiger partial charge in [0.05, 0.1) is 17.6 Å². The normalized spacial score (nSPS) is 14.4. The van der Waals surface area contributed by atoms with Crippen LogP contribution in [-0.2, 0) is 6.54 Å². The zero-order valence-electron chi connectivity index (χ0n) is 14.5. The van der Waals surface area contributed by atoms with E-state index in [9.17, 15) is 4.79 Å². The van der Waals surface area contributed by atoms with Crippen LogP contribution in [0.5, 0.6) is 0 Å². The summed E-state index contributed by atoms with van der Waals surface area (Å²) >= 11 is 0. The third-order valence-corrected chi connectivity index (χ3v) is 4.67. The molecule has 4 rings (SSSR count). The van der Waals surface area contributed by atoms with Crippen molar-refractivity contribution in [3.8, 4) is 12.3 Å². The third-order valence-electron chi connectivity index (χ3n) is 4.67. The molecule has 0 spiro atoms. The minimum absolute atomic E-state index is 0.162. The number of imidazole rings is 1. The molecule has 0 aliphatic carbocycles. The Morgan fingerprint density at radius 3 is 2.69 bits per heavy atom. The topological polar surface area (TPSA) is 61.0 Å². The maximum absolute atomic E-state index is 12.4. The second-order valence-corrected chi connectivity index (χ2v) is 6.57. The molecular weight excluding hydrogens is 324 g/mol. The molecule has 2 aromatic carbocycles. The lowest BCUT2D eigenvalue weighted by molar-refractivity contribution is 0.102. The number of benzene rings is 2. The van der Waals surface area contributed by atoms with Crippen LogP contribution in [-0.4, -0.2) is 33.9 Å². The van der Waals surface area contributed by atoms with E-state index < -0.39 is 0 Å². The number of nitrogens with one attached hydrogen (secondary N) is 2. The first-order valence-corrected chi connectivity index (χ1v) is 8.80. The minimum Gasteiger partial charge on any atom is -0.341 e. The van der Waals surface area contributed by atoms with Crippen molar-refractivity contribution in [2.45, 2.75) is 19.4 Å². The van der Waals surface area contributed by atoms with Crippen molar-refractivity contribution in [1.29, 1.82) is 0 Å². The van der Waals surface area contributed by atoms with Crippen molar-refractivity contribution in [2.75, 3.05) is 18.4 Å². The van der Waals surface area contributed by atoms with E-state index in [0.717, 1.165) is 47.7 Å². The van der Waals surface area contributed by atoms with Crippen LogP contribution in [0.15, 0.2) is 42.5 Å². The molecule has 1 amide bonds. The smallest absolute Gasteiger partial charge is 0.255 e. The van der Waals surface area contributed by atoms with E-state index in [-0.39, 0.29) is 5.91 Å². The maximum Gasteiger partial charge on any atom is 0.255 e. The second-order valence-electron chi connectivity index (χ2n) is 6.57. The summed E-state index contributed by atoms with van der Waals surface area (Å²) in [7, 11) is 0. The number of aromatic nitrogens is 2. The molecule has 0 bridgehead atoms. The summed E-state index contributed by atoms with van der Waals surface area (Å²) in [6, 6.07) is 12.7. The summed E-state index contributed by atoms with van der Waals surface area (Å²) < 4.78 is 0. The van der Waals surface area contributed by atoms with Crippen LogP contribution in [0.2, 0.25) is 0 Å². The van der Waals surface area contributed by atoms with E-state index in [4.69, 9.17) is 6.42 Å². The molecule has 2 N–H and O–H groups in total. The minimum atomic E-state index is -0.162. The largest absolute Gasteiger partial charge is 0.341 e. The molecule has 3 aromatic rings. The molecule has 1 fully saturated rings. The fraction of sp³-hybridized carbons (Fsp3) is 0.238. The van der Waals surface area contributed by atoms with Crippen LogP contribution in [0.3, 0.4) is 0 Å². The van der Waals surface area contributed by atoms with Crippen molar-refractivity contribution in [3.63, 3.8) is 0 Å². The number of nitrogens with zero attached hydrogens (tertiary/aromatic N) is 2. The van der Waals surface area contributed by atoms with Gasteiger partial charge in [-0.2, -0.15) is 0 Å². The Hall–Kier alpha value is -3.10. The van der Waals surface area contributed by atoms with Crippen molar-refractivity contribution >= 4 is 22.6 Å². The number of anilines is 1. The van der Waals surface area contributed by atoms with Gasteiger partial charge in [-0.25, -0.2) is 4.98 Å². The van der Waals surface area contributed by atoms with Crippen molar-refractivity contribution in [3.05, 3.63) is 59.4 Å². The Balaban J connectivity index is 1.49. The Bertz CT molecular complexity index is 975. The molecule has 0 saturated carbocycles. The number of amides is 1. The Kier molecular flexibility index (Phi) is 4.42. The van der Waals surface area contributed by atoms with Gasteiger partial charge in [-0.05, 0) is 68.4 Å². The van der Waals surface area contributed by atoms with Crippen molar-refractivity contribution in [2.24, 2.45) is 0 Å². The molecule has 1 saturated heterocycles. The van der Waals surface area contributed by atoms with E-state index in [1.165, 1.54) is 12.8 Å². The van der Waals surface area contributed by atoms with Crippen molar-refractivity contribution in [1.82, 2.24) is 14.9 Å². The monoisotopic (exact) mass is 344 g/mol. The first kappa shape index (κ1) is 16.4. The number of aromatic amines is 1. The number of hydrogen-bond acceptors (Lipinski definition) is 3. The fourth-order valence-corrected chi connectivity index (χ4v) is 3.29. The molecule has 0 unspecified atom stereocenters. The molecular formula is C21H20N4O. The molecule has 5 heteroatoms. The summed E-state index contributed by atoms with van der Waals surface area (Å²) in [5.41, 5.74) is 3.91. The fourth-order valence-electron chi connectivity index (χ4n) is 3.29. The third kappa shape index (κ3) is 3.46. The Morgan fingerprint density at radius 1 is 1.19 bits per heavy atom. The van der Waals surface area contributed by atoms with Crippen LogP contribution >= 0.6 is 0 Å². The quantitative estimate of drug-likeness (QED) is 0.713. The molecule has 130 valence electrons. The molecule has 5 nitrogen and oxygen atoms in total. The molecule has 1 aliphatic heterocycles. The lowest BCUT2D eigenvalue weighted by Crippen LogP contribution is -2.19. The number of likely N-dealkylation sites (tertiary alicyclic amines) is 1. The summed E-state index contributed by atoms with van der Waals surface area (Å²) in [6.07, 6.45) is 7.87. The summed E-state index contributed by atoms with van der Waals surface area (Å²) in [5.74, 6) is 3.35. The van der Waals surface area contributed by atoms with Gasteiger partial charge in [0.2, 0.25) is 0 Å². The Morgan fingerprint density at radius 2 is 1.96 bits per heavy atom. The second kappa shape index (κ2) is 7.03. The van der Waals surface area contributed by atoms with Crippen LogP contribution < -0.4 is 5.32 Å². The molecule has 1 aromatic heterocycles. The predicted octanol–water partition coefficient (Wildman–Crippen LogP) is 3.39. The van der Waals surface area contributed by atoms with Crippen LogP contribution in [0.4, 0.5) is 5.69 Å². The van der Waals surface area contributed by atoms with Crippen LogP contribution in [0.25, 0.3) is 11.0 Å². The van der Waals surface area contributed by atoms with Gasteiger partial charge in [-0.15, -0.1) is 6.42 Å². The van der Waals surface area contributed by atoms with Gasteiger partial charge < -0.3 is 10.3 Å². The van der Waals surface area contributed by atoms with E-state index >= 15 is 0 Å². The van der Waals surface area contributed by atoms with Crippen molar-refractivity contribution < 1.29 is 4.79 Å². The summed E-state index contributed by atoms with van der Waals surface area (Å²) in [4.78, 5) is 22.8. The number of carbonyl (C=O) groups is 1. The molecule has 0 radical (unpaired) electrons. The number of carbonyl (C=O) groups excluding carboxylic acids is 1. The van der Waals surface area contributed by atoms with Gasteiger partial charge in [0.25, 0.3) is 5.91 Å². The van der Waals surface area contributed by atoms with E-state index in [1.54, 1.807) is 24.3 Å². The van der Waals surface area contributed by atoms with Gasteiger partial charge in [0, 0.05) is 16.8 Å². The number of H-pyrrole nitrogens is 1. The standard InChI is InChI=1S/C21H20N4O/c1-2-15-5-7-16(8-6-15)21(26)22-17-9-10-18-19(13-17)24-20(23-18)14-25-11-3-4-12-25/h1,5-10,13H,3-4,11-12,14H2,(H,22,26)(H,23,24). The van der Waals surface area contributed by atoms with Gasteiger partial charge in [0.15, 0.2) is 0 Å². The highest BCUT2D eigenvalue weighted by molar-refractivity contribution is 6.05. The van der Waals surface area contributed by atoms with Gasteiger partial charge in [-0.3, -0.25) is 9.69 Å². The number of rotatable bonds is 4. The van der Waals surface area contributed by atoms with Crippen LogP contribution in [0.1, 0.15) is 34.6 Å². The highest BCUT2D eigenvalue weighted by Gasteiger charge is 2.14. The summed E-state index contributed by atoms with van der Waals surface area (Å²) in [6.45, 7) is 3.12. The number of fused-ring (bicyclic) bond motifs is 1. The SMILES string of the molecule is C#Cc1ccc(C(=O)Nc2ccc3nc(CN4CCCC4)[nH]c3c2)cc1. The lowest BCUT2D eigenvalue weighted by Gasteiger charge is -2.11. The molecule has 2 heterocycles. The lowest BCUT2D eigenvalue weighted by atomic mass is 10.1. The zero-order valence-corrected chi connectivity index (χ0v) is 14.5.